The van der Waals surface area contributed by atoms with Crippen LogP contribution in [0.4, 0.5) is 0 Å². The van der Waals surface area contributed by atoms with Crippen molar-refractivity contribution in [3.8, 4) is 6.07 Å². The summed E-state index contributed by atoms with van der Waals surface area (Å²) < 4.78 is 4.72. The molecule has 0 radical (unpaired) electrons. The van der Waals surface area contributed by atoms with Crippen LogP contribution in [0.5, 0.6) is 0 Å². The van der Waals surface area contributed by atoms with E-state index in [1.165, 1.54) is 12.3 Å². The standard InChI is InChI=1S/C11H10N2O4S/c1-2-17-9(14)6-18-10-8(11(15)16)3-7(4-12)5-13-10/h3,5H,2,6H2,1H3,(H,15,16). The number of nitrogens with zero attached hydrogens (tertiary/aromatic N) is 2. The third-order valence-electron chi connectivity index (χ3n) is 1.84. The molecule has 0 aliphatic heterocycles. The Morgan fingerprint density at radius 3 is 2.89 bits per heavy atom. The quantitative estimate of drug-likeness (QED) is 0.633. The van der Waals surface area contributed by atoms with E-state index in [0.29, 0.717) is 0 Å². The van der Waals surface area contributed by atoms with E-state index in [4.69, 9.17) is 15.1 Å². The van der Waals surface area contributed by atoms with E-state index >= 15 is 0 Å². The van der Waals surface area contributed by atoms with E-state index in [1.807, 2.05) is 6.07 Å². The molecule has 7 heteroatoms. The molecule has 0 saturated carbocycles. The Labute approximate surface area is 108 Å². The lowest BCUT2D eigenvalue weighted by atomic mass is 10.2. The molecule has 94 valence electrons. The molecule has 1 N–H and O–H groups in total. The second-order valence-electron chi connectivity index (χ2n) is 3.09. The normalized spacial score (nSPS) is 9.56. The van der Waals surface area contributed by atoms with Crippen LogP contribution in [0.1, 0.15) is 22.8 Å². The third kappa shape index (κ3) is 3.75. The zero-order chi connectivity index (χ0) is 13.5. The minimum Gasteiger partial charge on any atom is -0.478 e. The van der Waals surface area contributed by atoms with Crippen molar-refractivity contribution in [2.24, 2.45) is 0 Å². The fourth-order valence-corrected chi connectivity index (χ4v) is 1.88. The molecule has 0 saturated heterocycles. The van der Waals surface area contributed by atoms with Gasteiger partial charge in [0, 0.05) is 6.20 Å². The number of esters is 1. The summed E-state index contributed by atoms with van der Waals surface area (Å²) in [5.41, 5.74) is 0.0660. The van der Waals surface area contributed by atoms with Gasteiger partial charge in [-0.3, -0.25) is 4.79 Å². The summed E-state index contributed by atoms with van der Waals surface area (Å²) in [7, 11) is 0. The molecule has 6 nitrogen and oxygen atoms in total. The molecule has 0 aliphatic rings. The molecule has 0 atom stereocenters. The maximum absolute atomic E-state index is 11.2. The number of carbonyl (C=O) groups excluding carboxylic acids is 1. The predicted octanol–water partition coefficient (Wildman–Crippen LogP) is 1.31. The fraction of sp³-hybridized carbons (Fsp3) is 0.273. The molecule has 0 unspecified atom stereocenters. The number of ether oxygens (including phenoxy) is 1. The molecule has 0 spiro atoms. The number of hydrogen-bond acceptors (Lipinski definition) is 6. The van der Waals surface area contributed by atoms with Crippen molar-refractivity contribution in [3.05, 3.63) is 23.4 Å². The Kier molecular flexibility index (Phi) is 5.14. The number of carboxylic acids is 1. The Balaban J connectivity index is 2.86. The minimum absolute atomic E-state index is 0.0208. The van der Waals surface area contributed by atoms with Crippen LogP contribution in [-0.4, -0.2) is 34.4 Å². The van der Waals surface area contributed by atoms with Gasteiger partial charge in [0.2, 0.25) is 0 Å². The van der Waals surface area contributed by atoms with Crippen LogP contribution in [0.25, 0.3) is 0 Å². The number of nitriles is 1. The zero-order valence-corrected chi connectivity index (χ0v) is 10.4. The first-order valence-corrected chi connectivity index (χ1v) is 5.99. The predicted molar refractivity (Wildman–Crippen MR) is 63.3 cm³/mol. The highest BCUT2D eigenvalue weighted by Gasteiger charge is 2.14. The number of carboxylic acid groups (broad SMARTS) is 1. The first-order chi connectivity index (χ1) is 8.58. The van der Waals surface area contributed by atoms with Gasteiger partial charge in [-0.15, -0.1) is 0 Å². The van der Waals surface area contributed by atoms with Gasteiger partial charge in [0.15, 0.2) is 0 Å². The Morgan fingerprint density at radius 2 is 2.33 bits per heavy atom. The van der Waals surface area contributed by atoms with Gasteiger partial charge in [0.25, 0.3) is 0 Å². The Hall–Kier alpha value is -2.07. The molecular formula is C11H10N2O4S. The van der Waals surface area contributed by atoms with E-state index < -0.39 is 11.9 Å². The Bertz CT molecular complexity index is 510. The van der Waals surface area contributed by atoms with E-state index in [9.17, 15) is 9.59 Å². The van der Waals surface area contributed by atoms with Gasteiger partial charge in [0.1, 0.15) is 11.1 Å². The van der Waals surface area contributed by atoms with Gasteiger partial charge in [0.05, 0.1) is 23.5 Å². The molecule has 1 heterocycles. The molecule has 0 fully saturated rings. The van der Waals surface area contributed by atoms with Gasteiger partial charge >= 0.3 is 11.9 Å². The molecule has 1 rings (SSSR count). The molecule has 0 aliphatic carbocycles. The number of hydrogen-bond donors (Lipinski definition) is 1. The van der Waals surface area contributed by atoms with Crippen LogP contribution in [0, 0.1) is 11.3 Å². The summed E-state index contributed by atoms with van der Waals surface area (Å²) in [5.74, 6) is -1.65. The maximum atomic E-state index is 11.2. The highest BCUT2D eigenvalue weighted by Crippen LogP contribution is 2.21. The van der Waals surface area contributed by atoms with Gasteiger partial charge in [-0.05, 0) is 13.0 Å². The number of carbonyl (C=O) groups is 2. The number of pyridine rings is 1. The van der Waals surface area contributed by atoms with Gasteiger partial charge in [-0.1, -0.05) is 11.8 Å². The second-order valence-corrected chi connectivity index (χ2v) is 4.05. The molecular weight excluding hydrogens is 256 g/mol. The lowest BCUT2D eigenvalue weighted by Gasteiger charge is -2.04. The summed E-state index contributed by atoms with van der Waals surface area (Å²) in [5, 5.41) is 17.8. The molecule has 0 aromatic carbocycles. The Morgan fingerprint density at radius 1 is 1.61 bits per heavy atom. The van der Waals surface area contributed by atoms with Crippen LogP contribution in [-0.2, 0) is 9.53 Å². The van der Waals surface area contributed by atoms with E-state index in [-0.39, 0.29) is 28.5 Å². The highest BCUT2D eigenvalue weighted by atomic mass is 32.2. The molecule has 0 amide bonds. The van der Waals surface area contributed by atoms with Crippen molar-refractivity contribution in [1.82, 2.24) is 4.98 Å². The summed E-state index contributed by atoms with van der Waals surface area (Å²) in [4.78, 5) is 26.0. The summed E-state index contributed by atoms with van der Waals surface area (Å²) in [6.45, 7) is 1.96. The smallest absolute Gasteiger partial charge is 0.338 e. The maximum Gasteiger partial charge on any atom is 0.338 e. The molecule has 0 bridgehead atoms. The number of aromatic carboxylic acids is 1. The number of rotatable bonds is 5. The largest absolute Gasteiger partial charge is 0.478 e. The summed E-state index contributed by atoms with van der Waals surface area (Å²) in [6.07, 6.45) is 1.26. The van der Waals surface area contributed by atoms with Crippen molar-refractivity contribution in [2.45, 2.75) is 11.9 Å². The molecule has 18 heavy (non-hydrogen) atoms. The fourth-order valence-electron chi connectivity index (χ4n) is 1.11. The minimum atomic E-state index is -1.19. The van der Waals surface area contributed by atoms with Crippen LogP contribution in [0.2, 0.25) is 0 Å². The first-order valence-electron chi connectivity index (χ1n) is 5.00. The van der Waals surface area contributed by atoms with Gasteiger partial charge < -0.3 is 9.84 Å². The lowest BCUT2D eigenvalue weighted by Crippen LogP contribution is -2.08. The van der Waals surface area contributed by atoms with Gasteiger partial charge in [-0.2, -0.15) is 5.26 Å². The first kappa shape index (κ1) is 14.0. The monoisotopic (exact) mass is 266 g/mol. The molecule has 1 aromatic heterocycles. The van der Waals surface area contributed by atoms with Crippen molar-refractivity contribution in [3.63, 3.8) is 0 Å². The van der Waals surface area contributed by atoms with Gasteiger partial charge in [-0.25, -0.2) is 9.78 Å². The SMILES string of the molecule is CCOC(=O)CSc1ncc(C#N)cc1C(=O)O. The molecule has 1 aromatic rings. The summed E-state index contributed by atoms with van der Waals surface area (Å²) >= 11 is 0.967. The van der Waals surface area contributed by atoms with Crippen LogP contribution >= 0.6 is 11.8 Å². The van der Waals surface area contributed by atoms with Crippen LogP contribution < -0.4 is 0 Å². The van der Waals surface area contributed by atoms with E-state index in [2.05, 4.69) is 4.98 Å². The van der Waals surface area contributed by atoms with Crippen molar-refractivity contribution in [1.29, 1.82) is 5.26 Å². The second kappa shape index (κ2) is 6.61. The zero-order valence-electron chi connectivity index (χ0n) is 9.54. The summed E-state index contributed by atoms with van der Waals surface area (Å²) in [6, 6.07) is 3.03. The average Bonchev–Trinajstić information content (AvgIpc) is 2.36. The number of aromatic nitrogens is 1. The topological polar surface area (TPSA) is 100 Å². The van der Waals surface area contributed by atoms with Crippen molar-refractivity contribution in [2.75, 3.05) is 12.4 Å². The third-order valence-corrected chi connectivity index (χ3v) is 2.82. The highest BCUT2D eigenvalue weighted by molar-refractivity contribution is 8.00. The van der Waals surface area contributed by atoms with Crippen LogP contribution in [0.3, 0.4) is 0 Å². The number of thioether (sulfide) groups is 1. The van der Waals surface area contributed by atoms with Crippen molar-refractivity contribution >= 4 is 23.7 Å². The van der Waals surface area contributed by atoms with Crippen LogP contribution in [0.15, 0.2) is 17.3 Å². The average molecular weight is 266 g/mol. The van der Waals surface area contributed by atoms with Crippen molar-refractivity contribution < 1.29 is 19.4 Å². The van der Waals surface area contributed by atoms with E-state index in [1.54, 1.807) is 6.92 Å². The lowest BCUT2D eigenvalue weighted by molar-refractivity contribution is -0.139. The van der Waals surface area contributed by atoms with E-state index in [0.717, 1.165) is 11.8 Å².